The fourth-order valence-electron chi connectivity index (χ4n) is 5.99. The van der Waals surface area contributed by atoms with Crippen molar-refractivity contribution < 1.29 is 9.53 Å². The van der Waals surface area contributed by atoms with Crippen LogP contribution >= 0.6 is 0 Å². The molecular formula is C30H27N9O2. The van der Waals surface area contributed by atoms with E-state index in [9.17, 15) is 10.1 Å². The van der Waals surface area contributed by atoms with Crippen LogP contribution in [0.25, 0.3) is 27.8 Å². The van der Waals surface area contributed by atoms with Crippen molar-refractivity contribution in [1.29, 1.82) is 5.26 Å². The van der Waals surface area contributed by atoms with Crippen LogP contribution in [0.5, 0.6) is 5.75 Å². The number of rotatable bonds is 7. The number of anilines is 1. The molecule has 11 heteroatoms. The van der Waals surface area contributed by atoms with Crippen LogP contribution in [0, 0.1) is 29.1 Å². The molecule has 1 aliphatic heterocycles. The van der Waals surface area contributed by atoms with Gasteiger partial charge in [-0.05, 0) is 42.0 Å². The maximum absolute atomic E-state index is 12.5. The minimum absolute atomic E-state index is 0.178. The third-order valence-electron chi connectivity index (χ3n) is 8.22. The number of methoxy groups -OCH3 is 1. The maximum Gasteiger partial charge on any atom is 0.270 e. The first kappa shape index (κ1) is 24.8. The number of fused-ring (bicyclic) bond motifs is 2. The van der Waals surface area contributed by atoms with E-state index in [2.05, 4.69) is 43.6 Å². The Hall–Kier alpha value is -5.24. The van der Waals surface area contributed by atoms with E-state index in [0.29, 0.717) is 41.3 Å². The molecule has 1 saturated carbocycles. The molecular weight excluding hydrogens is 518 g/mol. The Morgan fingerprint density at radius 3 is 2.61 bits per heavy atom. The Morgan fingerprint density at radius 2 is 1.90 bits per heavy atom. The number of ether oxygens (including phenoxy) is 1. The van der Waals surface area contributed by atoms with Gasteiger partial charge in [-0.25, -0.2) is 9.50 Å². The average Bonchev–Trinajstić information content (AvgIpc) is 3.44. The summed E-state index contributed by atoms with van der Waals surface area (Å²) >= 11 is 0. The number of aryl methyl sites for hydroxylation is 1. The van der Waals surface area contributed by atoms with Crippen molar-refractivity contribution in [3.63, 3.8) is 0 Å². The summed E-state index contributed by atoms with van der Waals surface area (Å²) in [7, 11) is 3.45. The number of nitrogens with one attached hydrogen (secondary N) is 1. The Kier molecular flexibility index (Phi) is 5.89. The summed E-state index contributed by atoms with van der Waals surface area (Å²) in [6.45, 7) is 2.47. The van der Waals surface area contributed by atoms with Gasteiger partial charge in [0.15, 0.2) is 0 Å². The molecule has 1 N–H and O–H groups in total. The highest BCUT2D eigenvalue weighted by Gasteiger charge is 2.55. The van der Waals surface area contributed by atoms with E-state index < -0.39 is 0 Å². The third kappa shape index (κ3) is 4.43. The van der Waals surface area contributed by atoms with Crippen LogP contribution in [-0.2, 0) is 7.05 Å². The molecule has 1 aliphatic carbocycles. The standard InChI is InChI=1S/C30H27N9O2/c1-37-14-21(12-35-37)19-7-23(29-20(9-31)11-36-39(29)15-19)18-3-4-28(33-10-18)38-16-25-24(26(25)17-38)13-34-30(40)27-8-22(41-2)5-6-32-27/h3-8,10-12,14-15,24-26H,13,16-17H2,1-2H3,(H,34,40)/t24-,25-,26+. The monoisotopic (exact) mass is 545 g/mol. The smallest absolute Gasteiger partial charge is 0.270 e. The predicted octanol–water partition coefficient (Wildman–Crippen LogP) is 3.18. The molecule has 11 nitrogen and oxygen atoms in total. The van der Waals surface area contributed by atoms with Gasteiger partial charge >= 0.3 is 0 Å². The molecule has 0 radical (unpaired) electrons. The fraction of sp³-hybridized carbons (Fsp3) is 0.267. The molecule has 3 atom stereocenters. The molecule has 5 aromatic rings. The van der Waals surface area contributed by atoms with Gasteiger partial charge in [-0.3, -0.25) is 14.5 Å². The predicted molar refractivity (Wildman–Crippen MR) is 151 cm³/mol. The van der Waals surface area contributed by atoms with Gasteiger partial charge in [0.05, 0.1) is 30.6 Å². The summed E-state index contributed by atoms with van der Waals surface area (Å²) in [5, 5.41) is 21.5. The number of pyridine rings is 3. The highest BCUT2D eigenvalue weighted by atomic mass is 16.5. The van der Waals surface area contributed by atoms with Crippen LogP contribution < -0.4 is 15.0 Å². The van der Waals surface area contributed by atoms with Crippen molar-refractivity contribution in [2.75, 3.05) is 31.6 Å². The van der Waals surface area contributed by atoms with Gasteiger partial charge in [-0.2, -0.15) is 15.5 Å². The van der Waals surface area contributed by atoms with Crippen LogP contribution in [0.1, 0.15) is 16.1 Å². The number of nitriles is 1. The van der Waals surface area contributed by atoms with Crippen molar-refractivity contribution in [2.24, 2.45) is 24.8 Å². The Labute approximate surface area is 236 Å². The Balaban J connectivity index is 1.04. The van der Waals surface area contributed by atoms with Crippen molar-refractivity contribution >= 4 is 17.2 Å². The van der Waals surface area contributed by atoms with E-state index in [0.717, 1.165) is 46.7 Å². The molecule has 0 bridgehead atoms. The largest absolute Gasteiger partial charge is 0.497 e. The van der Waals surface area contributed by atoms with Crippen LogP contribution in [0.15, 0.2) is 67.5 Å². The molecule has 2 fully saturated rings. The summed E-state index contributed by atoms with van der Waals surface area (Å²) < 4.78 is 8.70. The number of carbonyl (C=O) groups excluding carboxylic acids is 1. The minimum atomic E-state index is -0.178. The SMILES string of the molecule is COc1ccnc(C(=O)NC[C@@H]2[C@H]3CN(c4ccc(-c5cc(-c6cnn(C)c6)cn6ncc(C#N)c56)cn4)C[C@@H]23)c1. The molecule has 7 rings (SSSR count). The minimum Gasteiger partial charge on any atom is -0.497 e. The number of carbonyl (C=O) groups is 1. The molecule has 0 unspecified atom stereocenters. The van der Waals surface area contributed by atoms with E-state index >= 15 is 0 Å². The van der Waals surface area contributed by atoms with Crippen LogP contribution in [0.4, 0.5) is 5.82 Å². The average molecular weight is 546 g/mol. The molecule has 2 aliphatic rings. The lowest BCUT2D eigenvalue weighted by Crippen LogP contribution is -2.31. The first-order valence-electron chi connectivity index (χ1n) is 13.4. The van der Waals surface area contributed by atoms with Crippen LogP contribution in [0.2, 0.25) is 0 Å². The summed E-state index contributed by atoms with van der Waals surface area (Å²) in [6, 6.07) is 11.8. The molecule has 6 heterocycles. The number of aromatic nitrogens is 6. The van der Waals surface area contributed by atoms with Crippen molar-refractivity contribution in [3.05, 3.63) is 78.8 Å². The maximum atomic E-state index is 12.5. The van der Waals surface area contributed by atoms with Gasteiger partial charge in [-0.1, -0.05) is 0 Å². The van der Waals surface area contributed by atoms with Gasteiger partial charge in [0, 0.05) is 79.8 Å². The highest BCUT2D eigenvalue weighted by Crippen LogP contribution is 2.52. The lowest BCUT2D eigenvalue weighted by atomic mass is 10.0. The first-order valence-corrected chi connectivity index (χ1v) is 13.4. The second kappa shape index (κ2) is 9.75. The summed E-state index contributed by atoms with van der Waals surface area (Å²) in [4.78, 5) is 23.8. The van der Waals surface area contributed by atoms with Crippen molar-refractivity contribution in [1.82, 2.24) is 34.7 Å². The van der Waals surface area contributed by atoms with E-state index in [4.69, 9.17) is 9.72 Å². The van der Waals surface area contributed by atoms with E-state index in [1.807, 2.05) is 37.9 Å². The van der Waals surface area contributed by atoms with Gasteiger partial charge < -0.3 is 15.0 Å². The molecule has 204 valence electrons. The second-order valence-corrected chi connectivity index (χ2v) is 10.6. The molecule has 5 aromatic heterocycles. The zero-order chi connectivity index (χ0) is 28.1. The van der Waals surface area contributed by atoms with E-state index in [1.165, 1.54) is 0 Å². The molecule has 0 aromatic carbocycles. The fourth-order valence-corrected chi connectivity index (χ4v) is 5.99. The molecule has 0 spiro atoms. The first-order chi connectivity index (χ1) is 20.0. The topological polar surface area (TPSA) is 126 Å². The Bertz CT molecular complexity index is 1810. The summed E-state index contributed by atoms with van der Waals surface area (Å²) in [5.41, 5.74) is 5.37. The van der Waals surface area contributed by atoms with Crippen molar-refractivity contribution in [2.45, 2.75) is 0 Å². The zero-order valence-electron chi connectivity index (χ0n) is 22.6. The van der Waals surface area contributed by atoms with Crippen LogP contribution in [-0.4, -0.2) is 62.0 Å². The number of hydrogen-bond donors (Lipinski definition) is 1. The highest BCUT2D eigenvalue weighted by molar-refractivity contribution is 5.92. The van der Waals surface area contributed by atoms with E-state index in [1.54, 1.807) is 40.8 Å². The quantitative estimate of drug-likeness (QED) is 0.331. The second-order valence-electron chi connectivity index (χ2n) is 10.6. The number of hydrogen-bond acceptors (Lipinski definition) is 8. The molecule has 1 amide bonds. The Morgan fingerprint density at radius 1 is 1.05 bits per heavy atom. The lowest BCUT2D eigenvalue weighted by molar-refractivity contribution is 0.0945. The van der Waals surface area contributed by atoms with Crippen molar-refractivity contribution in [3.8, 4) is 34.1 Å². The van der Waals surface area contributed by atoms with Gasteiger partial charge in [0.1, 0.15) is 23.3 Å². The van der Waals surface area contributed by atoms with Crippen LogP contribution in [0.3, 0.4) is 0 Å². The summed E-state index contributed by atoms with van der Waals surface area (Å²) in [6.07, 6.45) is 10.7. The van der Waals surface area contributed by atoms with Gasteiger partial charge in [0.25, 0.3) is 5.91 Å². The van der Waals surface area contributed by atoms with Gasteiger partial charge in [0.2, 0.25) is 0 Å². The third-order valence-corrected chi connectivity index (χ3v) is 8.22. The molecule has 1 saturated heterocycles. The number of piperidine rings is 1. The number of amides is 1. The lowest BCUT2D eigenvalue weighted by Gasteiger charge is -2.21. The normalized spacial score (nSPS) is 19.1. The van der Waals surface area contributed by atoms with Gasteiger partial charge in [-0.15, -0.1) is 0 Å². The molecule has 41 heavy (non-hydrogen) atoms. The van der Waals surface area contributed by atoms with E-state index in [-0.39, 0.29) is 5.91 Å². The summed E-state index contributed by atoms with van der Waals surface area (Å²) in [5.74, 6) is 2.91. The number of nitrogens with zero attached hydrogens (tertiary/aromatic N) is 8. The zero-order valence-corrected chi connectivity index (χ0v) is 22.6.